The molecule has 0 amide bonds. The van der Waals surface area contributed by atoms with Gasteiger partial charge in [0.25, 0.3) is 0 Å². The predicted molar refractivity (Wildman–Crippen MR) is 59.8 cm³/mol. The molecule has 0 rings (SSSR count). The van der Waals surface area contributed by atoms with Gasteiger partial charge in [-0.3, -0.25) is 4.79 Å². The SMILES string of the molecule is C/C=C\C(C=O)=C(CC)CC.CC. The summed E-state index contributed by atoms with van der Waals surface area (Å²) in [4.78, 5) is 10.5. The second kappa shape index (κ2) is 11.2. The first kappa shape index (κ1) is 14.7. The molecule has 0 fully saturated rings. The summed E-state index contributed by atoms with van der Waals surface area (Å²) >= 11 is 0. The summed E-state index contributed by atoms with van der Waals surface area (Å²) in [6.07, 6.45) is 6.64. The van der Waals surface area contributed by atoms with Crippen LogP contribution < -0.4 is 0 Å². The zero-order valence-electron chi connectivity index (χ0n) is 9.55. The second-order valence-corrected chi connectivity index (χ2v) is 2.38. The topological polar surface area (TPSA) is 17.1 Å². The van der Waals surface area contributed by atoms with E-state index in [-0.39, 0.29) is 0 Å². The molecule has 0 aliphatic carbocycles. The number of carbonyl (C=O) groups excluding carboxylic acids is 1. The lowest BCUT2D eigenvalue weighted by atomic mass is 10.0. The van der Waals surface area contributed by atoms with E-state index >= 15 is 0 Å². The fourth-order valence-electron chi connectivity index (χ4n) is 1.08. The summed E-state index contributed by atoms with van der Waals surface area (Å²) in [6, 6.07) is 0. The molecule has 0 aromatic heterocycles. The smallest absolute Gasteiger partial charge is 0.149 e. The minimum Gasteiger partial charge on any atom is -0.298 e. The van der Waals surface area contributed by atoms with Crippen molar-refractivity contribution in [3.8, 4) is 0 Å². The lowest BCUT2D eigenvalue weighted by Crippen LogP contribution is -1.88. The van der Waals surface area contributed by atoms with E-state index in [0.29, 0.717) is 0 Å². The summed E-state index contributed by atoms with van der Waals surface area (Å²) < 4.78 is 0. The van der Waals surface area contributed by atoms with Gasteiger partial charge in [-0.2, -0.15) is 0 Å². The van der Waals surface area contributed by atoms with Crippen molar-refractivity contribution >= 4 is 6.29 Å². The maximum absolute atomic E-state index is 10.5. The van der Waals surface area contributed by atoms with E-state index in [2.05, 4.69) is 13.8 Å². The van der Waals surface area contributed by atoms with E-state index in [9.17, 15) is 4.79 Å². The molecular weight excluding hydrogens is 160 g/mol. The molecule has 0 saturated heterocycles. The van der Waals surface area contributed by atoms with Gasteiger partial charge in [-0.1, -0.05) is 45.4 Å². The maximum atomic E-state index is 10.5. The largest absolute Gasteiger partial charge is 0.298 e. The molecule has 0 unspecified atom stereocenters. The number of aldehydes is 1. The number of hydrogen-bond donors (Lipinski definition) is 0. The van der Waals surface area contributed by atoms with Crippen LogP contribution in [0.15, 0.2) is 23.3 Å². The predicted octanol–water partition coefficient (Wildman–Crippen LogP) is 3.90. The van der Waals surface area contributed by atoms with Crippen LogP contribution in [0.2, 0.25) is 0 Å². The van der Waals surface area contributed by atoms with Crippen molar-refractivity contribution in [3.05, 3.63) is 23.3 Å². The molecule has 0 radical (unpaired) electrons. The Labute approximate surface area is 82.5 Å². The monoisotopic (exact) mass is 182 g/mol. The quantitative estimate of drug-likeness (QED) is 0.366. The molecule has 0 aliphatic heterocycles. The molecule has 0 aromatic rings. The third-order valence-electron chi connectivity index (χ3n) is 1.73. The highest BCUT2D eigenvalue weighted by Crippen LogP contribution is 2.11. The maximum Gasteiger partial charge on any atom is 0.149 e. The van der Waals surface area contributed by atoms with Gasteiger partial charge in [0, 0.05) is 5.57 Å². The fourth-order valence-corrected chi connectivity index (χ4v) is 1.08. The lowest BCUT2D eigenvalue weighted by Gasteiger charge is -2.01. The average molecular weight is 182 g/mol. The first-order chi connectivity index (χ1) is 6.29. The van der Waals surface area contributed by atoms with Gasteiger partial charge >= 0.3 is 0 Å². The molecule has 1 heteroatoms. The summed E-state index contributed by atoms with van der Waals surface area (Å²) in [5.74, 6) is 0. The van der Waals surface area contributed by atoms with Gasteiger partial charge in [0.1, 0.15) is 6.29 Å². The van der Waals surface area contributed by atoms with Crippen molar-refractivity contribution in [2.45, 2.75) is 47.5 Å². The van der Waals surface area contributed by atoms with Crippen LogP contribution >= 0.6 is 0 Å². The van der Waals surface area contributed by atoms with Crippen LogP contribution in [0.25, 0.3) is 0 Å². The average Bonchev–Trinajstić information content (AvgIpc) is 2.21. The molecule has 0 heterocycles. The molecule has 13 heavy (non-hydrogen) atoms. The van der Waals surface area contributed by atoms with Gasteiger partial charge in [-0.15, -0.1) is 0 Å². The van der Waals surface area contributed by atoms with E-state index in [0.717, 1.165) is 24.7 Å². The molecule has 0 spiro atoms. The van der Waals surface area contributed by atoms with Crippen molar-refractivity contribution < 1.29 is 4.79 Å². The Morgan fingerprint density at radius 3 is 1.85 bits per heavy atom. The molecular formula is C12H22O. The van der Waals surface area contributed by atoms with Crippen molar-refractivity contribution in [1.82, 2.24) is 0 Å². The van der Waals surface area contributed by atoms with Gasteiger partial charge in [0.05, 0.1) is 0 Å². The molecule has 0 N–H and O–H groups in total. The Morgan fingerprint density at radius 2 is 1.62 bits per heavy atom. The second-order valence-electron chi connectivity index (χ2n) is 2.38. The highest BCUT2D eigenvalue weighted by molar-refractivity contribution is 5.78. The van der Waals surface area contributed by atoms with Crippen molar-refractivity contribution in [2.24, 2.45) is 0 Å². The van der Waals surface area contributed by atoms with Gasteiger partial charge < -0.3 is 0 Å². The van der Waals surface area contributed by atoms with Gasteiger partial charge in [0.15, 0.2) is 0 Å². The van der Waals surface area contributed by atoms with E-state index < -0.39 is 0 Å². The molecule has 0 aliphatic rings. The number of allylic oxidation sites excluding steroid dienone is 4. The van der Waals surface area contributed by atoms with Crippen LogP contribution in [-0.2, 0) is 4.79 Å². The van der Waals surface area contributed by atoms with Gasteiger partial charge in [-0.25, -0.2) is 0 Å². The highest BCUT2D eigenvalue weighted by atomic mass is 16.1. The normalized spacial score (nSPS) is 9.00. The number of rotatable bonds is 4. The van der Waals surface area contributed by atoms with Crippen LogP contribution in [0, 0.1) is 0 Å². The van der Waals surface area contributed by atoms with E-state index in [4.69, 9.17) is 0 Å². The molecule has 0 atom stereocenters. The fraction of sp³-hybridized carbons (Fsp3) is 0.583. The van der Waals surface area contributed by atoms with Crippen molar-refractivity contribution in [1.29, 1.82) is 0 Å². The third kappa shape index (κ3) is 6.32. The van der Waals surface area contributed by atoms with Crippen LogP contribution in [0.1, 0.15) is 47.5 Å². The number of carbonyl (C=O) groups is 1. The summed E-state index contributed by atoms with van der Waals surface area (Å²) in [5.41, 5.74) is 2.08. The Kier molecular flexibility index (Phi) is 12.6. The summed E-state index contributed by atoms with van der Waals surface area (Å²) in [5, 5.41) is 0. The Balaban J connectivity index is 0. The summed E-state index contributed by atoms with van der Waals surface area (Å²) in [6.45, 7) is 10.1. The minimum atomic E-state index is 0.845. The third-order valence-corrected chi connectivity index (χ3v) is 1.73. The zero-order chi connectivity index (χ0) is 10.7. The molecule has 76 valence electrons. The van der Waals surface area contributed by atoms with Crippen molar-refractivity contribution in [3.63, 3.8) is 0 Å². The molecule has 0 bridgehead atoms. The Hall–Kier alpha value is -0.850. The first-order valence-corrected chi connectivity index (χ1v) is 5.10. The van der Waals surface area contributed by atoms with Crippen LogP contribution in [0.4, 0.5) is 0 Å². The minimum absolute atomic E-state index is 0.845. The van der Waals surface area contributed by atoms with Crippen molar-refractivity contribution in [2.75, 3.05) is 0 Å². The van der Waals surface area contributed by atoms with Crippen LogP contribution in [0.5, 0.6) is 0 Å². The standard InChI is InChI=1S/C10H16O.C2H6/c1-4-7-10(8-11)9(5-2)6-3;1-2/h4,7-8H,5-6H2,1-3H3;1-2H3/b7-4-;. The van der Waals surface area contributed by atoms with Crippen LogP contribution in [0.3, 0.4) is 0 Å². The molecule has 1 nitrogen and oxygen atoms in total. The highest BCUT2D eigenvalue weighted by Gasteiger charge is 1.97. The number of hydrogen-bond acceptors (Lipinski definition) is 1. The Morgan fingerprint density at radius 1 is 1.15 bits per heavy atom. The molecule has 0 aromatic carbocycles. The Bertz CT molecular complexity index is 170. The molecule has 0 saturated carbocycles. The van der Waals surface area contributed by atoms with Gasteiger partial charge in [0.2, 0.25) is 0 Å². The lowest BCUT2D eigenvalue weighted by molar-refractivity contribution is -0.104. The van der Waals surface area contributed by atoms with E-state index in [1.165, 1.54) is 5.57 Å². The van der Waals surface area contributed by atoms with E-state index in [1.54, 1.807) is 0 Å². The van der Waals surface area contributed by atoms with Gasteiger partial charge in [-0.05, 0) is 19.8 Å². The zero-order valence-corrected chi connectivity index (χ0v) is 9.55. The summed E-state index contributed by atoms with van der Waals surface area (Å²) in [7, 11) is 0. The van der Waals surface area contributed by atoms with E-state index in [1.807, 2.05) is 32.9 Å². The van der Waals surface area contributed by atoms with Crippen LogP contribution in [-0.4, -0.2) is 6.29 Å². The first-order valence-electron chi connectivity index (χ1n) is 5.10.